The van der Waals surface area contributed by atoms with E-state index in [1.165, 1.54) is 57.1 Å². The molecule has 0 aromatic heterocycles. The molecular formula is C11H18S. The fourth-order valence-electron chi connectivity index (χ4n) is 2.21. The zero-order valence-electron chi connectivity index (χ0n) is 7.77. The Hall–Kier alpha value is 0.0900. The van der Waals surface area contributed by atoms with E-state index in [-0.39, 0.29) is 0 Å². The minimum atomic E-state index is 1.38. The van der Waals surface area contributed by atoms with Gasteiger partial charge in [-0.2, -0.15) is 0 Å². The second-order valence-electron chi connectivity index (χ2n) is 3.89. The number of thioether (sulfide) groups is 1. The summed E-state index contributed by atoms with van der Waals surface area (Å²) in [6, 6.07) is 0. The van der Waals surface area contributed by atoms with Crippen molar-refractivity contribution in [2.24, 2.45) is 0 Å². The lowest BCUT2D eigenvalue weighted by molar-refractivity contribution is 0.626. The van der Waals surface area contributed by atoms with E-state index in [4.69, 9.17) is 0 Å². The fourth-order valence-corrected chi connectivity index (χ4v) is 3.50. The first-order valence-corrected chi connectivity index (χ1v) is 6.29. The Morgan fingerprint density at radius 2 is 1.50 bits per heavy atom. The smallest absolute Gasteiger partial charge is 0.00144 e. The van der Waals surface area contributed by atoms with Crippen LogP contribution in [0.1, 0.15) is 51.4 Å². The summed E-state index contributed by atoms with van der Waals surface area (Å²) in [7, 11) is 0. The lowest BCUT2D eigenvalue weighted by Gasteiger charge is -2.02. The monoisotopic (exact) mass is 182 g/mol. The standard InChI is InChI=1S/C11H18S/c1-2-4-6-10-8-9-12-11(10)7-5-3-1/h1-9H2. The highest BCUT2D eigenvalue weighted by atomic mass is 32.2. The van der Waals surface area contributed by atoms with Crippen LogP contribution >= 0.6 is 11.8 Å². The van der Waals surface area contributed by atoms with Crippen molar-refractivity contribution in [1.29, 1.82) is 0 Å². The van der Waals surface area contributed by atoms with E-state index < -0.39 is 0 Å². The van der Waals surface area contributed by atoms with E-state index in [1.807, 2.05) is 5.57 Å². The molecule has 0 atom stereocenters. The van der Waals surface area contributed by atoms with E-state index in [0.29, 0.717) is 0 Å². The Kier molecular flexibility index (Phi) is 3.15. The number of allylic oxidation sites excluding steroid dienone is 2. The van der Waals surface area contributed by atoms with Gasteiger partial charge in [0.15, 0.2) is 0 Å². The molecule has 0 N–H and O–H groups in total. The van der Waals surface area contributed by atoms with E-state index in [0.717, 1.165) is 0 Å². The molecule has 1 heteroatoms. The Morgan fingerprint density at radius 3 is 2.42 bits per heavy atom. The zero-order chi connectivity index (χ0) is 8.23. The van der Waals surface area contributed by atoms with Crippen molar-refractivity contribution in [3.8, 4) is 0 Å². The molecule has 0 saturated carbocycles. The molecule has 68 valence electrons. The molecule has 0 aromatic carbocycles. The maximum atomic E-state index is 2.14. The van der Waals surface area contributed by atoms with Crippen LogP contribution in [0.2, 0.25) is 0 Å². The predicted molar refractivity (Wildman–Crippen MR) is 56.4 cm³/mol. The van der Waals surface area contributed by atoms with E-state index in [1.54, 1.807) is 4.91 Å². The molecule has 0 amide bonds. The first-order valence-electron chi connectivity index (χ1n) is 5.30. The minimum absolute atomic E-state index is 1.38. The summed E-state index contributed by atoms with van der Waals surface area (Å²) in [4.78, 5) is 1.77. The van der Waals surface area contributed by atoms with Crippen LogP contribution in [0.25, 0.3) is 0 Å². The first-order chi connectivity index (χ1) is 5.97. The van der Waals surface area contributed by atoms with Gasteiger partial charge in [0.05, 0.1) is 0 Å². The molecule has 0 saturated heterocycles. The SMILES string of the molecule is C1CCCC2=C(CCC1)SCC2. The molecule has 2 aliphatic rings. The molecule has 0 nitrogen and oxygen atoms in total. The van der Waals surface area contributed by atoms with E-state index in [9.17, 15) is 0 Å². The van der Waals surface area contributed by atoms with Gasteiger partial charge in [-0.25, -0.2) is 0 Å². The van der Waals surface area contributed by atoms with Crippen LogP contribution in [0, 0.1) is 0 Å². The molecular weight excluding hydrogens is 164 g/mol. The summed E-state index contributed by atoms with van der Waals surface area (Å²) in [5.74, 6) is 1.38. The van der Waals surface area contributed by atoms with E-state index in [2.05, 4.69) is 11.8 Å². The molecule has 1 heterocycles. The van der Waals surface area contributed by atoms with Crippen LogP contribution in [0.15, 0.2) is 10.5 Å². The molecule has 0 radical (unpaired) electrons. The summed E-state index contributed by atoms with van der Waals surface area (Å²) in [5.41, 5.74) is 1.82. The normalized spacial score (nSPS) is 26.0. The minimum Gasteiger partial charge on any atom is -0.130 e. The highest BCUT2D eigenvalue weighted by Gasteiger charge is 2.15. The molecule has 2 rings (SSSR count). The van der Waals surface area contributed by atoms with Gasteiger partial charge in [-0.3, -0.25) is 0 Å². The van der Waals surface area contributed by atoms with Crippen LogP contribution in [0.4, 0.5) is 0 Å². The van der Waals surface area contributed by atoms with Gasteiger partial charge < -0.3 is 0 Å². The highest BCUT2D eigenvalue weighted by molar-refractivity contribution is 8.03. The van der Waals surface area contributed by atoms with Crippen molar-refractivity contribution in [3.63, 3.8) is 0 Å². The van der Waals surface area contributed by atoms with Gasteiger partial charge >= 0.3 is 0 Å². The summed E-state index contributed by atoms with van der Waals surface area (Å²) in [6.45, 7) is 0. The molecule has 1 aliphatic heterocycles. The van der Waals surface area contributed by atoms with Crippen LogP contribution < -0.4 is 0 Å². The van der Waals surface area contributed by atoms with Crippen molar-refractivity contribution in [3.05, 3.63) is 10.5 Å². The maximum Gasteiger partial charge on any atom is 0.00144 e. The number of hydrogen-bond donors (Lipinski definition) is 0. The lowest BCUT2D eigenvalue weighted by atomic mass is 10.1. The molecule has 1 aliphatic carbocycles. The van der Waals surface area contributed by atoms with Gasteiger partial charge in [0, 0.05) is 5.75 Å². The third-order valence-electron chi connectivity index (χ3n) is 2.96. The third kappa shape index (κ3) is 2.07. The average molecular weight is 182 g/mol. The number of rotatable bonds is 0. The summed E-state index contributed by atoms with van der Waals surface area (Å²) in [6.07, 6.45) is 11.6. The van der Waals surface area contributed by atoms with Crippen molar-refractivity contribution >= 4 is 11.8 Å². The fraction of sp³-hybridized carbons (Fsp3) is 0.818. The second-order valence-corrected chi connectivity index (χ2v) is 5.08. The molecule has 0 unspecified atom stereocenters. The topological polar surface area (TPSA) is 0 Å². The third-order valence-corrected chi connectivity index (χ3v) is 4.21. The van der Waals surface area contributed by atoms with Crippen LogP contribution in [-0.4, -0.2) is 5.75 Å². The maximum absolute atomic E-state index is 2.14. The Bertz CT molecular complexity index is 163. The summed E-state index contributed by atoms with van der Waals surface area (Å²) >= 11 is 2.14. The Morgan fingerprint density at radius 1 is 0.750 bits per heavy atom. The van der Waals surface area contributed by atoms with Crippen molar-refractivity contribution in [1.82, 2.24) is 0 Å². The van der Waals surface area contributed by atoms with Crippen molar-refractivity contribution in [2.75, 3.05) is 5.75 Å². The number of hydrogen-bond acceptors (Lipinski definition) is 1. The zero-order valence-corrected chi connectivity index (χ0v) is 8.59. The van der Waals surface area contributed by atoms with Gasteiger partial charge in [-0.1, -0.05) is 24.8 Å². The Balaban J connectivity index is 1.99. The molecule has 0 fully saturated rings. The first kappa shape index (κ1) is 8.68. The van der Waals surface area contributed by atoms with Gasteiger partial charge in [-0.15, -0.1) is 11.8 Å². The average Bonchev–Trinajstić information content (AvgIpc) is 2.50. The van der Waals surface area contributed by atoms with Gasteiger partial charge in [0.1, 0.15) is 0 Å². The second kappa shape index (κ2) is 4.36. The van der Waals surface area contributed by atoms with E-state index >= 15 is 0 Å². The molecule has 0 spiro atoms. The molecule has 0 bridgehead atoms. The van der Waals surface area contributed by atoms with Gasteiger partial charge in [0.25, 0.3) is 0 Å². The predicted octanol–water partition coefficient (Wildman–Crippen LogP) is 4.12. The van der Waals surface area contributed by atoms with Crippen LogP contribution in [-0.2, 0) is 0 Å². The van der Waals surface area contributed by atoms with Gasteiger partial charge in [0.2, 0.25) is 0 Å². The largest absolute Gasteiger partial charge is 0.130 e. The van der Waals surface area contributed by atoms with Crippen LogP contribution in [0.5, 0.6) is 0 Å². The quantitative estimate of drug-likeness (QED) is 0.543. The molecule has 0 aromatic rings. The summed E-state index contributed by atoms with van der Waals surface area (Å²) < 4.78 is 0. The lowest BCUT2D eigenvalue weighted by Crippen LogP contribution is -1.82. The molecule has 12 heavy (non-hydrogen) atoms. The Labute approximate surface area is 79.8 Å². The summed E-state index contributed by atoms with van der Waals surface area (Å²) in [5, 5.41) is 0. The van der Waals surface area contributed by atoms with Crippen molar-refractivity contribution in [2.45, 2.75) is 51.4 Å². The van der Waals surface area contributed by atoms with Gasteiger partial charge in [-0.05, 0) is 37.0 Å². The van der Waals surface area contributed by atoms with Crippen molar-refractivity contribution < 1.29 is 0 Å². The van der Waals surface area contributed by atoms with Crippen LogP contribution in [0.3, 0.4) is 0 Å². The highest BCUT2D eigenvalue weighted by Crippen LogP contribution is 2.38.